The summed E-state index contributed by atoms with van der Waals surface area (Å²) in [7, 11) is 1.69. The molecule has 2 aliphatic heterocycles. The average molecular weight is 335 g/mol. The predicted octanol–water partition coefficient (Wildman–Crippen LogP) is 3.63. The highest BCUT2D eigenvalue weighted by Crippen LogP contribution is 2.40. The van der Waals surface area contributed by atoms with Crippen LogP contribution < -0.4 is 15.4 Å². The highest BCUT2D eigenvalue weighted by Gasteiger charge is 2.40. The molecule has 0 bridgehead atoms. The van der Waals surface area contributed by atoms with Crippen molar-refractivity contribution in [3.05, 3.63) is 59.7 Å². The number of amidine groups is 1. The van der Waals surface area contributed by atoms with Crippen molar-refractivity contribution in [1.29, 1.82) is 0 Å². The molecule has 130 valence electrons. The van der Waals surface area contributed by atoms with Gasteiger partial charge >= 0.3 is 0 Å². The lowest BCUT2D eigenvalue weighted by atomic mass is 9.71. The van der Waals surface area contributed by atoms with Crippen LogP contribution in [0.1, 0.15) is 24.0 Å². The minimum absolute atomic E-state index is 0.145. The number of rotatable bonds is 3. The molecule has 0 saturated carbocycles. The molecule has 0 aromatic heterocycles. The number of ether oxygens (including phenoxy) is 1. The number of fused-ring (bicyclic) bond motifs is 1. The van der Waals surface area contributed by atoms with Crippen LogP contribution in [0.15, 0.2) is 53.5 Å². The maximum atomic E-state index is 5.24. The Bertz CT molecular complexity index is 761. The first kappa shape index (κ1) is 16.2. The van der Waals surface area contributed by atoms with Gasteiger partial charge in [0, 0.05) is 11.1 Å². The van der Waals surface area contributed by atoms with E-state index in [4.69, 9.17) is 9.73 Å². The fourth-order valence-corrected chi connectivity index (χ4v) is 3.93. The highest BCUT2D eigenvalue weighted by atomic mass is 16.5. The molecule has 1 spiro atoms. The van der Waals surface area contributed by atoms with Crippen molar-refractivity contribution >= 4 is 11.5 Å². The van der Waals surface area contributed by atoms with E-state index >= 15 is 0 Å². The van der Waals surface area contributed by atoms with E-state index in [1.165, 1.54) is 16.8 Å². The second kappa shape index (κ2) is 6.89. The maximum absolute atomic E-state index is 5.24. The minimum Gasteiger partial charge on any atom is -0.497 e. The number of anilines is 1. The lowest BCUT2D eigenvalue weighted by Crippen LogP contribution is -2.48. The van der Waals surface area contributed by atoms with Gasteiger partial charge in [0.05, 0.1) is 13.7 Å². The molecule has 2 aromatic carbocycles. The molecular formula is C21H25N3O. The summed E-state index contributed by atoms with van der Waals surface area (Å²) in [5.41, 5.74) is 3.97. The van der Waals surface area contributed by atoms with Gasteiger partial charge in [-0.3, -0.25) is 4.99 Å². The summed E-state index contributed by atoms with van der Waals surface area (Å²) < 4.78 is 5.24. The van der Waals surface area contributed by atoms with Gasteiger partial charge in [-0.25, -0.2) is 0 Å². The fourth-order valence-electron chi connectivity index (χ4n) is 3.93. The third kappa shape index (κ3) is 3.27. The summed E-state index contributed by atoms with van der Waals surface area (Å²) in [4.78, 5) is 5.02. The first-order chi connectivity index (χ1) is 12.3. The van der Waals surface area contributed by atoms with Crippen LogP contribution >= 0.6 is 0 Å². The predicted molar refractivity (Wildman–Crippen MR) is 102 cm³/mol. The van der Waals surface area contributed by atoms with Crippen LogP contribution in [0.4, 0.5) is 5.69 Å². The molecular weight excluding hydrogens is 310 g/mol. The van der Waals surface area contributed by atoms with Gasteiger partial charge in [-0.2, -0.15) is 0 Å². The Morgan fingerprint density at radius 1 is 1.04 bits per heavy atom. The summed E-state index contributed by atoms with van der Waals surface area (Å²) in [6.07, 6.45) is 3.35. The Labute approximate surface area is 149 Å². The number of nitrogens with one attached hydrogen (secondary N) is 2. The zero-order valence-electron chi connectivity index (χ0n) is 14.7. The minimum atomic E-state index is 0.145. The Morgan fingerprint density at radius 2 is 1.80 bits per heavy atom. The van der Waals surface area contributed by atoms with Crippen LogP contribution in [0.3, 0.4) is 0 Å². The lowest BCUT2D eigenvalue weighted by Gasteiger charge is -2.42. The number of methoxy groups -OCH3 is 1. The molecule has 4 nitrogen and oxygen atoms in total. The normalized spacial score (nSPS) is 20.1. The van der Waals surface area contributed by atoms with Crippen molar-refractivity contribution in [2.75, 3.05) is 25.5 Å². The van der Waals surface area contributed by atoms with Gasteiger partial charge in [0.25, 0.3) is 0 Å². The molecule has 0 radical (unpaired) electrons. The first-order valence-corrected chi connectivity index (χ1v) is 9.03. The van der Waals surface area contributed by atoms with Crippen molar-refractivity contribution in [1.82, 2.24) is 5.32 Å². The van der Waals surface area contributed by atoms with E-state index in [1.807, 2.05) is 12.1 Å². The number of nitrogens with zero attached hydrogens (tertiary/aromatic N) is 1. The van der Waals surface area contributed by atoms with E-state index in [9.17, 15) is 0 Å². The first-order valence-electron chi connectivity index (χ1n) is 9.03. The number of aliphatic imine (C=N–C) groups is 1. The summed E-state index contributed by atoms with van der Waals surface area (Å²) in [5.74, 6) is 2.04. The molecule has 2 aliphatic rings. The van der Waals surface area contributed by atoms with Crippen LogP contribution in [-0.4, -0.2) is 26.0 Å². The molecule has 25 heavy (non-hydrogen) atoms. The maximum Gasteiger partial charge on any atom is 0.118 e. The van der Waals surface area contributed by atoms with Crippen LogP contribution in [0.2, 0.25) is 0 Å². The molecule has 4 rings (SSSR count). The highest BCUT2D eigenvalue weighted by molar-refractivity contribution is 6.02. The third-order valence-corrected chi connectivity index (χ3v) is 5.44. The van der Waals surface area contributed by atoms with E-state index in [-0.39, 0.29) is 5.41 Å². The summed E-state index contributed by atoms with van der Waals surface area (Å²) in [6.45, 7) is 2.82. The van der Waals surface area contributed by atoms with E-state index in [0.29, 0.717) is 6.54 Å². The van der Waals surface area contributed by atoms with Crippen molar-refractivity contribution in [3.8, 4) is 5.75 Å². The summed E-state index contributed by atoms with van der Waals surface area (Å²) >= 11 is 0. The van der Waals surface area contributed by atoms with Gasteiger partial charge in [-0.05, 0) is 61.7 Å². The second-order valence-corrected chi connectivity index (χ2v) is 7.00. The molecule has 1 fully saturated rings. The van der Waals surface area contributed by atoms with Gasteiger partial charge in [0.15, 0.2) is 0 Å². The van der Waals surface area contributed by atoms with E-state index in [1.54, 1.807) is 7.11 Å². The van der Waals surface area contributed by atoms with Gasteiger partial charge in [0.1, 0.15) is 11.6 Å². The standard InChI is InChI=1S/C21H25N3O/c1-25-18-8-6-16(7-9-18)15-23-20-21(10-12-22-13-11-21)14-17-4-2-3-5-19(17)24-20/h2-9,22H,10-15H2,1H3,(H,23,24). The molecule has 2 heterocycles. The van der Waals surface area contributed by atoms with Gasteiger partial charge in [-0.1, -0.05) is 30.3 Å². The molecule has 0 atom stereocenters. The molecule has 1 saturated heterocycles. The molecule has 2 aromatic rings. The SMILES string of the molecule is COc1ccc(CN=C2Nc3ccccc3CC23CCNCC3)cc1. The van der Waals surface area contributed by atoms with Crippen LogP contribution in [0.5, 0.6) is 5.75 Å². The van der Waals surface area contributed by atoms with Gasteiger partial charge in [0.2, 0.25) is 0 Å². The van der Waals surface area contributed by atoms with E-state index < -0.39 is 0 Å². The van der Waals surface area contributed by atoms with Crippen LogP contribution in [-0.2, 0) is 13.0 Å². The number of hydrogen-bond donors (Lipinski definition) is 2. The number of piperidine rings is 1. The fraction of sp³-hybridized carbons (Fsp3) is 0.381. The van der Waals surface area contributed by atoms with Gasteiger partial charge in [-0.15, -0.1) is 0 Å². The second-order valence-electron chi connectivity index (χ2n) is 7.00. The van der Waals surface area contributed by atoms with E-state index in [2.05, 4.69) is 47.0 Å². The zero-order chi connectivity index (χ0) is 17.1. The molecule has 2 N–H and O–H groups in total. The quantitative estimate of drug-likeness (QED) is 0.900. The van der Waals surface area contributed by atoms with Crippen LogP contribution in [0, 0.1) is 5.41 Å². The van der Waals surface area contributed by atoms with Crippen molar-refractivity contribution in [2.45, 2.75) is 25.8 Å². The monoisotopic (exact) mass is 335 g/mol. The lowest BCUT2D eigenvalue weighted by molar-refractivity contribution is 0.293. The molecule has 0 unspecified atom stereocenters. The average Bonchev–Trinajstić information content (AvgIpc) is 2.67. The van der Waals surface area contributed by atoms with Crippen LogP contribution in [0.25, 0.3) is 0 Å². The smallest absolute Gasteiger partial charge is 0.118 e. The van der Waals surface area contributed by atoms with Crippen molar-refractivity contribution < 1.29 is 4.74 Å². The summed E-state index contributed by atoms with van der Waals surface area (Å²) in [6, 6.07) is 16.8. The molecule has 0 aliphatic carbocycles. The Balaban J connectivity index is 1.62. The Morgan fingerprint density at radius 3 is 2.56 bits per heavy atom. The third-order valence-electron chi connectivity index (χ3n) is 5.44. The number of hydrogen-bond acceptors (Lipinski definition) is 3. The largest absolute Gasteiger partial charge is 0.497 e. The molecule has 0 amide bonds. The van der Waals surface area contributed by atoms with Gasteiger partial charge < -0.3 is 15.4 Å². The van der Waals surface area contributed by atoms with Crippen molar-refractivity contribution in [3.63, 3.8) is 0 Å². The van der Waals surface area contributed by atoms with Crippen molar-refractivity contribution in [2.24, 2.45) is 10.4 Å². The Kier molecular flexibility index (Phi) is 4.45. The molecule has 4 heteroatoms. The summed E-state index contributed by atoms with van der Waals surface area (Å²) in [5, 5.41) is 7.14. The van der Waals surface area contributed by atoms with E-state index in [0.717, 1.165) is 43.9 Å². The number of para-hydroxylation sites is 1. The Hall–Kier alpha value is -2.33. The topological polar surface area (TPSA) is 45.6 Å². The number of benzene rings is 2. The zero-order valence-corrected chi connectivity index (χ0v) is 14.7.